The topological polar surface area (TPSA) is 0 Å². The molecule has 0 spiro atoms. The van der Waals surface area contributed by atoms with Gasteiger partial charge in [-0.3, -0.25) is 0 Å². The van der Waals surface area contributed by atoms with Crippen molar-refractivity contribution in [2.24, 2.45) is 0 Å². The van der Waals surface area contributed by atoms with Crippen LogP contribution in [0.4, 0.5) is 0 Å². The first-order chi connectivity index (χ1) is 19.8. The Bertz CT molecular complexity index is 2360. The Morgan fingerprint density at radius 2 is 0.750 bits per heavy atom. The number of fused-ring (bicyclic) bond motifs is 6. The maximum Gasteiger partial charge on any atom is -0.00204 e. The smallest absolute Gasteiger partial charge is 0.00204 e. The molecule has 0 saturated heterocycles. The first-order valence-corrected chi connectivity index (χ1v) is 13.9. The summed E-state index contributed by atoms with van der Waals surface area (Å²) in [6.45, 7) is 0. The van der Waals surface area contributed by atoms with Crippen LogP contribution in [-0.4, -0.2) is 0 Å². The third-order valence-electron chi connectivity index (χ3n) is 8.78. The van der Waals surface area contributed by atoms with E-state index >= 15 is 0 Å². The molecule has 0 unspecified atom stereocenters. The van der Waals surface area contributed by atoms with Crippen LogP contribution in [0.5, 0.6) is 0 Å². The molecule has 0 radical (unpaired) electrons. The van der Waals surface area contributed by atoms with Gasteiger partial charge in [0.2, 0.25) is 0 Å². The molecule has 9 aromatic carbocycles. The van der Waals surface area contributed by atoms with Gasteiger partial charge in [-0.15, -0.1) is 0 Å². The van der Waals surface area contributed by atoms with Crippen LogP contribution in [-0.2, 0) is 0 Å². The lowest BCUT2D eigenvalue weighted by atomic mass is 9.87. The molecular formula is C40H24. The summed E-state index contributed by atoms with van der Waals surface area (Å²) in [5.41, 5.74) is 5.05. The number of hydrogen-bond donors (Lipinski definition) is 0. The van der Waals surface area contributed by atoms with Crippen molar-refractivity contribution in [3.63, 3.8) is 0 Å². The van der Waals surface area contributed by atoms with E-state index in [-0.39, 0.29) is 0 Å². The number of hydrogen-bond acceptors (Lipinski definition) is 0. The van der Waals surface area contributed by atoms with Gasteiger partial charge >= 0.3 is 0 Å². The van der Waals surface area contributed by atoms with Crippen molar-refractivity contribution >= 4 is 64.6 Å². The van der Waals surface area contributed by atoms with E-state index in [0.717, 1.165) is 0 Å². The summed E-state index contributed by atoms with van der Waals surface area (Å²) < 4.78 is 0. The zero-order valence-corrected chi connectivity index (χ0v) is 21.9. The minimum Gasteiger partial charge on any atom is -0.0616 e. The molecule has 0 amide bonds. The molecule has 0 aliphatic carbocycles. The summed E-state index contributed by atoms with van der Waals surface area (Å²) in [5.74, 6) is 0. The van der Waals surface area contributed by atoms with E-state index in [0.29, 0.717) is 0 Å². The highest BCUT2D eigenvalue weighted by atomic mass is 14.2. The van der Waals surface area contributed by atoms with Crippen molar-refractivity contribution in [1.82, 2.24) is 0 Å². The van der Waals surface area contributed by atoms with Crippen molar-refractivity contribution in [3.8, 4) is 22.3 Å². The predicted octanol–water partition coefficient (Wildman–Crippen LogP) is 11.4. The average Bonchev–Trinajstić information content (AvgIpc) is 3.03. The predicted molar refractivity (Wildman–Crippen MR) is 174 cm³/mol. The van der Waals surface area contributed by atoms with Crippen LogP contribution in [0.2, 0.25) is 0 Å². The molecule has 0 fully saturated rings. The van der Waals surface area contributed by atoms with Crippen LogP contribution in [0.3, 0.4) is 0 Å². The van der Waals surface area contributed by atoms with Crippen molar-refractivity contribution in [1.29, 1.82) is 0 Å². The Kier molecular flexibility index (Phi) is 4.42. The quantitative estimate of drug-likeness (QED) is 0.205. The fraction of sp³-hybridized carbons (Fsp3) is 0. The van der Waals surface area contributed by atoms with Gasteiger partial charge in [0.25, 0.3) is 0 Å². The fourth-order valence-corrected chi connectivity index (χ4v) is 7.04. The highest BCUT2D eigenvalue weighted by molar-refractivity contribution is 6.29. The summed E-state index contributed by atoms with van der Waals surface area (Å²) in [6.07, 6.45) is 0. The second-order valence-electron chi connectivity index (χ2n) is 10.9. The minimum atomic E-state index is 1.24. The molecule has 40 heavy (non-hydrogen) atoms. The van der Waals surface area contributed by atoms with Crippen LogP contribution in [0.1, 0.15) is 0 Å². The maximum absolute atomic E-state index is 2.38. The van der Waals surface area contributed by atoms with Crippen molar-refractivity contribution < 1.29 is 0 Å². The van der Waals surface area contributed by atoms with Crippen LogP contribution < -0.4 is 0 Å². The zero-order chi connectivity index (χ0) is 26.2. The lowest BCUT2D eigenvalue weighted by molar-refractivity contribution is 1.64. The summed E-state index contributed by atoms with van der Waals surface area (Å²) in [5, 5.41) is 15.8. The van der Waals surface area contributed by atoms with E-state index in [2.05, 4.69) is 146 Å². The summed E-state index contributed by atoms with van der Waals surface area (Å²) in [7, 11) is 0. The third kappa shape index (κ3) is 2.96. The molecule has 0 aliphatic heterocycles. The summed E-state index contributed by atoms with van der Waals surface area (Å²) >= 11 is 0. The van der Waals surface area contributed by atoms with Crippen molar-refractivity contribution in [2.75, 3.05) is 0 Å². The van der Waals surface area contributed by atoms with Crippen LogP contribution >= 0.6 is 0 Å². The molecule has 9 rings (SSSR count). The lowest BCUT2D eigenvalue weighted by Crippen LogP contribution is -1.89. The second kappa shape index (κ2) is 8.15. The normalized spacial score (nSPS) is 12.0. The Labute approximate surface area is 232 Å². The van der Waals surface area contributed by atoms with Crippen LogP contribution in [0.15, 0.2) is 146 Å². The second-order valence-corrected chi connectivity index (χ2v) is 10.9. The standard InChI is InChI=1S/C40H24/c1-2-13-34-32(12-1)33-14-3-4-15-35(33)40-31(16-7-17-36(34)40)29-11-6-10-28(24-29)30-22-20-27-19-18-25-8-5-9-26-21-23-37(30)39(27)38(25)26/h1-24H. The lowest BCUT2D eigenvalue weighted by Gasteiger charge is -2.16. The zero-order valence-electron chi connectivity index (χ0n) is 21.9. The first-order valence-electron chi connectivity index (χ1n) is 13.9. The number of benzene rings is 9. The highest BCUT2D eigenvalue weighted by Gasteiger charge is 2.15. The molecule has 184 valence electrons. The molecule has 0 heteroatoms. The minimum absolute atomic E-state index is 1.24. The molecule has 0 atom stereocenters. The molecular weight excluding hydrogens is 480 g/mol. The molecule has 0 heterocycles. The van der Waals surface area contributed by atoms with Crippen LogP contribution in [0.25, 0.3) is 86.9 Å². The third-order valence-corrected chi connectivity index (χ3v) is 8.78. The molecule has 0 bridgehead atoms. The molecule has 9 aromatic rings. The van der Waals surface area contributed by atoms with Crippen molar-refractivity contribution in [2.45, 2.75) is 0 Å². The SMILES string of the molecule is c1cc(-c2ccc3ccc4cccc5ccc2c3c45)cc(-c2cccc3c4ccccc4c4ccccc4c23)c1. The molecule has 0 aromatic heterocycles. The van der Waals surface area contributed by atoms with Gasteiger partial charge in [0.05, 0.1) is 0 Å². The Balaban J connectivity index is 1.33. The Morgan fingerprint density at radius 1 is 0.250 bits per heavy atom. The van der Waals surface area contributed by atoms with E-state index in [1.54, 1.807) is 0 Å². The van der Waals surface area contributed by atoms with E-state index in [1.807, 2.05) is 0 Å². The van der Waals surface area contributed by atoms with Gasteiger partial charge in [0.1, 0.15) is 0 Å². The maximum atomic E-state index is 2.38. The van der Waals surface area contributed by atoms with E-state index in [4.69, 9.17) is 0 Å². The summed E-state index contributed by atoms with van der Waals surface area (Å²) in [4.78, 5) is 0. The molecule has 0 nitrogen and oxygen atoms in total. The fourth-order valence-electron chi connectivity index (χ4n) is 7.04. The number of rotatable bonds is 2. The van der Waals surface area contributed by atoms with E-state index < -0.39 is 0 Å². The molecule has 0 saturated carbocycles. The van der Waals surface area contributed by atoms with Gasteiger partial charge in [-0.2, -0.15) is 0 Å². The highest BCUT2D eigenvalue weighted by Crippen LogP contribution is 2.43. The Hall–Kier alpha value is -5.20. The monoisotopic (exact) mass is 504 g/mol. The van der Waals surface area contributed by atoms with Gasteiger partial charge in [-0.05, 0) is 93.0 Å². The van der Waals surface area contributed by atoms with Gasteiger partial charge < -0.3 is 0 Å². The van der Waals surface area contributed by atoms with Gasteiger partial charge in [-0.1, -0.05) is 140 Å². The van der Waals surface area contributed by atoms with Gasteiger partial charge in [0.15, 0.2) is 0 Å². The average molecular weight is 505 g/mol. The van der Waals surface area contributed by atoms with Gasteiger partial charge in [0, 0.05) is 0 Å². The molecule has 0 aliphatic rings. The summed E-state index contributed by atoms with van der Waals surface area (Å²) in [6, 6.07) is 53.8. The Morgan fingerprint density at radius 3 is 1.48 bits per heavy atom. The largest absolute Gasteiger partial charge is 0.0616 e. The van der Waals surface area contributed by atoms with Crippen LogP contribution in [0, 0.1) is 0 Å². The van der Waals surface area contributed by atoms with Gasteiger partial charge in [-0.25, -0.2) is 0 Å². The first kappa shape index (κ1) is 21.7. The van der Waals surface area contributed by atoms with E-state index in [1.165, 1.54) is 86.9 Å². The molecule has 0 N–H and O–H groups in total. The van der Waals surface area contributed by atoms with Crippen molar-refractivity contribution in [3.05, 3.63) is 146 Å². The van der Waals surface area contributed by atoms with E-state index in [9.17, 15) is 0 Å².